The summed E-state index contributed by atoms with van der Waals surface area (Å²) in [6, 6.07) is 0.329. The molecule has 0 fully saturated rings. The molecule has 0 aromatic rings. The van der Waals surface area contributed by atoms with Crippen LogP contribution in [0.2, 0.25) is 0 Å². The van der Waals surface area contributed by atoms with Crippen molar-refractivity contribution in [2.24, 2.45) is 5.41 Å². The topological polar surface area (TPSA) is 29.1 Å². The van der Waals surface area contributed by atoms with Crippen LogP contribution in [0.3, 0.4) is 0 Å². The monoisotopic (exact) mass is 171 g/mol. The lowest BCUT2D eigenvalue weighted by Gasteiger charge is -2.31. The number of ketones is 1. The molecule has 0 aliphatic rings. The van der Waals surface area contributed by atoms with Gasteiger partial charge in [0.15, 0.2) is 0 Å². The van der Waals surface area contributed by atoms with Crippen molar-refractivity contribution in [1.29, 1.82) is 0 Å². The van der Waals surface area contributed by atoms with Crippen LogP contribution >= 0.6 is 0 Å². The minimum absolute atomic E-state index is 0.0100. The highest BCUT2D eigenvalue weighted by molar-refractivity contribution is 5.82. The van der Waals surface area contributed by atoms with Gasteiger partial charge in [-0.2, -0.15) is 0 Å². The van der Waals surface area contributed by atoms with Gasteiger partial charge in [-0.05, 0) is 12.3 Å². The minimum atomic E-state index is -0.0301. The molecule has 0 aromatic carbocycles. The van der Waals surface area contributed by atoms with Gasteiger partial charge in [0.1, 0.15) is 5.78 Å². The van der Waals surface area contributed by atoms with Crippen molar-refractivity contribution in [1.82, 2.24) is 5.32 Å². The fraction of sp³-hybridized carbons (Fsp3) is 0.900. The largest absolute Gasteiger partial charge is 0.305 e. The summed E-state index contributed by atoms with van der Waals surface area (Å²) in [7, 11) is 0. The summed E-state index contributed by atoms with van der Waals surface area (Å²) >= 11 is 0. The van der Waals surface area contributed by atoms with Gasteiger partial charge in [-0.15, -0.1) is 0 Å². The van der Waals surface area contributed by atoms with Crippen molar-refractivity contribution >= 4 is 5.78 Å². The molecule has 0 bridgehead atoms. The molecule has 0 radical (unpaired) electrons. The number of carbonyl (C=O) groups is 1. The fourth-order valence-electron chi connectivity index (χ4n) is 1.31. The third kappa shape index (κ3) is 3.86. The quantitative estimate of drug-likeness (QED) is 0.703. The van der Waals surface area contributed by atoms with Crippen LogP contribution in [-0.2, 0) is 4.79 Å². The number of rotatable bonds is 3. The molecule has 0 aromatic heterocycles. The van der Waals surface area contributed by atoms with Crippen molar-refractivity contribution in [3.63, 3.8) is 0 Å². The van der Waals surface area contributed by atoms with E-state index >= 15 is 0 Å². The third-order valence-electron chi connectivity index (χ3n) is 1.77. The number of Topliss-reactive ketones (excluding diaryl/α,β-unsaturated/α-hetero) is 1. The molecule has 2 nitrogen and oxygen atoms in total. The normalized spacial score (nSPS) is 14.9. The first-order valence-corrected chi connectivity index (χ1v) is 4.51. The molecule has 0 saturated heterocycles. The second-order valence-electron chi connectivity index (χ2n) is 4.73. The average molecular weight is 171 g/mol. The summed E-state index contributed by atoms with van der Waals surface area (Å²) < 4.78 is 0. The molecule has 72 valence electrons. The molecule has 1 atom stereocenters. The Morgan fingerprint density at radius 2 is 1.67 bits per heavy atom. The van der Waals surface area contributed by atoms with E-state index in [1.807, 2.05) is 0 Å². The molecule has 0 amide bonds. The molecule has 0 aliphatic carbocycles. The van der Waals surface area contributed by atoms with Crippen molar-refractivity contribution in [2.75, 3.05) is 0 Å². The van der Waals surface area contributed by atoms with Gasteiger partial charge < -0.3 is 5.32 Å². The molecule has 0 spiro atoms. The third-order valence-corrected chi connectivity index (χ3v) is 1.77. The molecular weight excluding hydrogens is 150 g/mol. The molecular formula is C10H21NO. The average Bonchev–Trinajstić information content (AvgIpc) is 1.79. The highest BCUT2D eigenvalue weighted by Crippen LogP contribution is 2.20. The van der Waals surface area contributed by atoms with Gasteiger partial charge in [0.25, 0.3) is 0 Å². The van der Waals surface area contributed by atoms with E-state index in [1.54, 1.807) is 6.92 Å². The maximum absolute atomic E-state index is 11.3. The first-order chi connectivity index (χ1) is 5.25. The summed E-state index contributed by atoms with van der Waals surface area (Å²) in [6.07, 6.45) is 0. The van der Waals surface area contributed by atoms with E-state index in [-0.39, 0.29) is 17.2 Å². The molecule has 12 heavy (non-hydrogen) atoms. The van der Waals surface area contributed by atoms with E-state index in [2.05, 4.69) is 39.9 Å². The Morgan fingerprint density at radius 3 is 1.75 bits per heavy atom. The molecule has 0 heterocycles. The smallest absolute Gasteiger partial charge is 0.147 e. The molecule has 2 heteroatoms. The summed E-state index contributed by atoms with van der Waals surface area (Å²) in [5, 5.41) is 3.27. The van der Waals surface area contributed by atoms with E-state index in [1.165, 1.54) is 0 Å². The van der Waals surface area contributed by atoms with Crippen LogP contribution in [0.4, 0.5) is 0 Å². The zero-order chi connectivity index (χ0) is 9.94. The number of nitrogens with one attached hydrogen (secondary N) is 1. The molecule has 0 unspecified atom stereocenters. The summed E-state index contributed by atoms with van der Waals surface area (Å²) in [4.78, 5) is 11.3. The van der Waals surface area contributed by atoms with Crippen molar-refractivity contribution < 1.29 is 4.79 Å². The van der Waals surface area contributed by atoms with E-state index in [0.717, 1.165) is 0 Å². The standard InChI is InChI=1S/C10H21NO/c1-7(2)11-9(8(3)12)10(4,5)6/h7,9,11H,1-6H3/t9-/m0/s1. The highest BCUT2D eigenvalue weighted by atomic mass is 16.1. The SMILES string of the molecule is CC(=O)[C@H](NC(C)C)C(C)(C)C. The molecule has 0 rings (SSSR count). The van der Waals surface area contributed by atoms with Crippen molar-refractivity contribution in [2.45, 2.75) is 53.6 Å². The van der Waals surface area contributed by atoms with Crippen LogP contribution in [-0.4, -0.2) is 17.9 Å². The van der Waals surface area contributed by atoms with E-state index in [0.29, 0.717) is 6.04 Å². The van der Waals surface area contributed by atoms with Gasteiger partial charge in [0.05, 0.1) is 6.04 Å². The van der Waals surface area contributed by atoms with E-state index < -0.39 is 0 Å². The molecule has 0 saturated carbocycles. The van der Waals surface area contributed by atoms with E-state index in [4.69, 9.17) is 0 Å². The van der Waals surface area contributed by atoms with Gasteiger partial charge >= 0.3 is 0 Å². The Morgan fingerprint density at radius 1 is 1.25 bits per heavy atom. The number of hydrogen-bond acceptors (Lipinski definition) is 2. The maximum Gasteiger partial charge on any atom is 0.147 e. The Labute approximate surface area is 75.7 Å². The van der Waals surface area contributed by atoms with Gasteiger partial charge in [-0.25, -0.2) is 0 Å². The van der Waals surface area contributed by atoms with Gasteiger partial charge in [-0.1, -0.05) is 34.6 Å². The Kier molecular flexibility index (Phi) is 3.91. The predicted molar refractivity (Wildman–Crippen MR) is 52.2 cm³/mol. The Bertz CT molecular complexity index is 156. The molecule has 1 N–H and O–H groups in total. The summed E-state index contributed by atoms with van der Waals surface area (Å²) in [5.41, 5.74) is 0.0100. The minimum Gasteiger partial charge on any atom is -0.305 e. The second kappa shape index (κ2) is 4.04. The van der Waals surface area contributed by atoms with Gasteiger partial charge in [0, 0.05) is 6.04 Å². The molecule has 0 aliphatic heterocycles. The number of hydrogen-bond donors (Lipinski definition) is 1. The fourth-order valence-corrected chi connectivity index (χ4v) is 1.31. The van der Waals surface area contributed by atoms with Crippen LogP contribution in [0.5, 0.6) is 0 Å². The van der Waals surface area contributed by atoms with Crippen molar-refractivity contribution in [3.05, 3.63) is 0 Å². The highest BCUT2D eigenvalue weighted by Gasteiger charge is 2.28. The predicted octanol–water partition coefficient (Wildman–Crippen LogP) is 1.99. The van der Waals surface area contributed by atoms with Crippen LogP contribution < -0.4 is 5.32 Å². The first-order valence-electron chi connectivity index (χ1n) is 4.51. The first kappa shape index (κ1) is 11.6. The van der Waals surface area contributed by atoms with Crippen LogP contribution in [0.1, 0.15) is 41.5 Å². The van der Waals surface area contributed by atoms with Gasteiger partial charge in [-0.3, -0.25) is 4.79 Å². The van der Waals surface area contributed by atoms with Gasteiger partial charge in [0.2, 0.25) is 0 Å². The summed E-state index contributed by atoms with van der Waals surface area (Å²) in [5.74, 6) is 0.219. The Balaban J connectivity index is 4.35. The Hall–Kier alpha value is -0.370. The second-order valence-corrected chi connectivity index (χ2v) is 4.73. The van der Waals surface area contributed by atoms with E-state index in [9.17, 15) is 4.79 Å². The summed E-state index contributed by atoms with van der Waals surface area (Å²) in [6.45, 7) is 12.0. The zero-order valence-corrected chi connectivity index (χ0v) is 9.06. The maximum atomic E-state index is 11.3. The lowest BCUT2D eigenvalue weighted by molar-refractivity contribution is -0.121. The van der Waals surface area contributed by atoms with Crippen LogP contribution in [0, 0.1) is 5.41 Å². The zero-order valence-electron chi connectivity index (χ0n) is 9.06. The van der Waals surface area contributed by atoms with Crippen molar-refractivity contribution in [3.8, 4) is 0 Å². The van der Waals surface area contributed by atoms with Crippen LogP contribution in [0.25, 0.3) is 0 Å². The van der Waals surface area contributed by atoms with Crippen LogP contribution in [0.15, 0.2) is 0 Å². The lowest BCUT2D eigenvalue weighted by atomic mass is 9.84. The lowest BCUT2D eigenvalue weighted by Crippen LogP contribution is -2.48. The number of carbonyl (C=O) groups excluding carboxylic acids is 1.